The van der Waals surface area contributed by atoms with Crippen molar-refractivity contribution in [2.45, 2.75) is 6.61 Å². The molecule has 1 aromatic rings. The number of hydrogen-bond donors (Lipinski definition) is 3. The van der Waals surface area contributed by atoms with Crippen molar-refractivity contribution >= 4 is 69.8 Å². The predicted octanol–water partition coefficient (Wildman–Crippen LogP) is 1.60. The number of halogens is 2. The van der Waals surface area contributed by atoms with E-state index in [2.05, 4.69) is 5.32 Å². The first kappa shape index (κ1) is 15.4. The van der Waals surface area contributed by atoms with E-state index in [9.17, 15) is 5.02 Å². The molecular formula is C10H11BCl2N2O2S2. The van der Waals surface area contributed by atoms with Crippen LogP contribution in [0, 0.1) is 0 Å². The van der Waals surface area contributed by atoms with Crippen LogP contribution in [0.15, 0.2) is 6.07 Å². The van der Waals surface area contributed by atoms with Crippen molar-refractivity contribution in [2.75, 3.05) is 17.6 Å². The molecule has 4 N–H and O–H groups in total. The summed E-state index contributed by atoms with van der Waals surface area (Å²) in [7, 11) is -1.02. The van der Waals surface area contributed by atoms with Crippen LogP contribution in [0.4, 0.5) is 5.69 Å². The normalized spacial score (nSPS) is 13.6. The minimum Gasteiger partial charge on any atom is -0.423 e. The van der Waals surface area contributed by atoms with Gasteiger partial charge in [-0.25, -0.2) is 0 Å². The van der Waals surface area contributed by atoms with Crippen LogP contribution in [0.1, 0.15) is 5.56 Å². The van der Waals surface area contributed by atoms with Gasteiger partial charge in [-0.3, -0.25) is 0 Å². The molecule has 0 fully saturated rings. The SMILES string of the molecule is NCCSC(=S)Nc1c(Cl)cc2c(c1Cl)B(O)OC2. The Morgan fingerprint density at radius 2 is 2.37 bits per heavy atom. The fraction of sp³-hybridized carbons (Fsp3) is 0.300. The van der Waals surface area contributed by atoms with E-state index in [4.69, 9.17) is 45.8 Å². The Morgan fingerprint density at radius 1 is 1.63 bits per heavy atom. The summed E-state index contributed by atoms with van der Waals surface area (Å²) in [5.74, 6) is 0.706. The van der Waals surface area contributed by atoms with Gasteiger partial charge < -0.3 is 20.7 Å². The molecule has 0 aromatic heterocycles. The lowest BCUT2D eigenvalue weighted by Gasteiger charge is -2.14. The smallest absolute Gasteiger partial charge is 0.423 e. The van der Waals surface area contributed by atoms with E-state index in [1.165, 1.54) is 11.8 Å². The second kappa shape index (κ2) is 6.63. The summed E-state index contributed by atoms with van der Waals surface area (Å²) in [4.78, 5) is 0. The minimum absolute atomic E-state index is 0.294. The Labute approximate surface area is 131 Å². The highest BCUT2D eigenvalue weighted by Gasteiger charge is 2.32. The molecule has 0 aliphatic carbocycles. The topological polar surface area (TPSA) is 67.5 Å². The summed E-state index contributed by atoms with van der Waals surface area (Å²) in [6.07, 6.45) is 0. The van der Waals surface area contributed by atoms with Gasteiger partial charge in [-0.15, -0.1) is 0 Å². The first-order valence-corrected chi connectivity index (χ1v) is 7.64. The number of nitrogens with two attached hydrogens (primary N) is 1. The zero-order valence-electron chi connectivity index (χ0n) is 9.78. The van der Waals surface area contributed by atoms with Crippen LogP contribution in [0.3, 0.4) is 0 Å². The van der Waals surface area contributed by atoms with Gasteiger partial charge in [0.1, 0.15) is 4.32 Å². The maximum absolute atomic E-state index is 9.72. The molecule has 1 heterocycles. The number of fused-ring (bicyclic) bond motifs is 1. The molecule has 4 nitrogen and oxygen atoms in total. The molecule has 1 aliphatic heterocycles. The Kier molecular flexibility index (Phi) is 5.36. The van der Waals surface area contributed by atoms with Gasteiger partial charge in [-0.05, 0) is 11.6 Å². The number of thiocarbonyl (C=S) groups is 1. The molecule has 0 saturated heterocycles. The lowest BCUT2D eigenvalue weighted by Crippen LogP contribution is -2.30. The van der Waals surface area contributed by atoms with Crippen molar-refractivity contribution in [1.29, 1.82) is 0 Å². The predicted molar refractivity (Wildman–Crippen MR) is 86.6 cm³/mol. The zero-order valence-corrected chi connectivity index (χ0v) is 12.9. The number of benzene rings is 1. The van der Waals surface area contributed by atoms with Gasteiger partial charge in [0.2, 0.25) is 0 Å². The molecule has 1 aliphatic rings. The van der Waals surface area contributed by atoms with Crippen LogP contribution in [0.5, 0.6) is 0 Å². The summed E-state index contributed by atoms with van der Waals surface area (Å²) in [6, 6.07) is 1.72. The first-order chi connectivity index (χ1) is 9.04. The third-order valence-corrected chi connectivity index (χ3v) is 4.51. The number of anilines is 1. The number of nitrogens with one attached hydrogen (secondary N) is 1. The van der Waals surface area contributed by atoms with Gasteiger partial charge in [0.25, 0.3) is 0 Å². The van der Waals surface area contributed by atoms with Crippen molar-refractivity contribution in [3.63, 3.8) is 0 Å². The van der Waals surface area contributed by atoms with Crippen molar-refractivity contribution in [3.05, 3.63) is 21.7 Å². The van der Waals surface area contributed by atoms with Crippen LogP contribution in [-0.4, -0.2) is 28.8 Å². The third kappa shape index (κ3) is 3.36. The minimum atomic E-state index is -1.02. The van der Waals surface area contributed by atoms with E-state index in [1.807, 2.05) is 0 Å². The molecule has 0 bridgehead atoms. The van der Waals surface area contributed by atoms with E-state index < -0.39 is 7.12 Å². The summed E-state index contributed by atoms with van der Waals surface area (Å²) in [5, 5.41) is 13.5. The van der Waals surface area contributed by atoms with Gasteiger partial charge in [0, 0.05) is 17.8 Å². The lowest BCUT2D eigenvalue weighted by atomic mass is 9.79. The monoisotopic (exact) mass is 336 g/mol. The third-order valence-electron chi connectivity index (χ3n) is 2.56. The highest BCUT2D eigenvalue weighted by atomic mass is 35.5. The van der Waals surface area contributed by atoms with Gasteiger partial charge >= 0.3 is 7.12 Å². The summed E-state index contributed by atoms with van der Waals surface area (Å²) >= 11 is 19.0. The Balaban J connectivity index is 2.26. The van der Waals surface area contributed by atoms with Crippen molar-refractivity contribution in [1.82, 2.24) is 0 Å². The van der Waals surface area contributed by atoms with Gasteiger partial charge in [-0.1, -0.05) is 47.2 Å². The summed E-state index contributed by atoms with van der Waals surface area (Å²) in [6.45, 7) is 0.827. The Bertz CT molecular complexity index is 519. The molecule has 0 amide bonds. The molecule has 19 heavy (non-hydrogen) atoms. The molecule has 102 valence electrons. The maximum atomic E-state index is 9.72. The quantitative estimate of drug-likeness (QED) is 0.575. The van der Waals surface area contributed by atoms with E-state index >= 15 is 0 Å². The van der Waals surface area contributed by atoms with E-state index in [0.717, 1.165) is 5.56 Å². The van der Waals surface area contributed by atoms with Crippen molar-refractivity contribution < 1.29 is 9.68 Å². The lowest BCUT2D eigenvalue weighted by molar-refractivity contribution is 0.275. The number of rotatable bonds is 3. The van der Waals surface area contributed by atoms with Crippen LogP contribution in [0.25, 0.3) is 0 Å². The molecular weight excluding hydrogens is 326 g/mol. The number of thioether (sulfide) groups is 1. The van der Waals surface area contributed by atoms with Gasteiger partial charge in [0.05, 0.1) is 22.3 Å². The van der Waals surface area contributed by atoms with Crippen LogP contribution >= 0.6 is 47.2 Å². The fourth-order valence-corrected chi connectivity index (χ4v) is 3.24. The molecule has 0 saturated carbocycles. The van der Waals surface area contributed by atoms with Crippen LogP contribution in [0.2, 0.25) is 10.0 Å². The molecule has 0 unspecified atom stereocenters. The largest absolute Gasteiger partial charge is 0.493 e. The zero-order chi connectivity index (χ0) is 14.0. The van der Waals surface area contributed by atoms with Gasteiger partial charge in [0.15, 0.2) is 0 Å². The summed E-state index contributed by atoms with van der Waals surface area (Å²) in [5.41, 5.74) is 7.23. The number of hydrogen-bond acceptors (Lipinski definition) is 5. The van der Waals surface area contributed by atoms with E-state index in [1.54, 1.807) is 6.07 Å². The van der Waals surface area contributed by atoms with Crippen LogP contribution in [-0.2, 0) is 11.3 Å². The van der Waals surface area contributed by atoms with Crippen molar-refractivity contribution in [3.8, 4) is 0 Å². The molecule has 0 spiro atoms. The summed E-state index contributed by atoms with van der Waals surface area (Å²) < 4.78 is 5.64. The Hall–Kier alpha value is -0.0151. The average molecular weight is 337 g/mol. The van der Waals surface area contributed by atoms with E-state index in [0.29, 0.717) is 44.4 Å². The Morgan fingerprint density at radius 3 is 3.05 bits per heavy atom. The standard InChI is InChI=1S/C10H11BCl2N2O2S2/c12-6-3-5-4-17-11(16)7(5)8(13)9(6)15-10(18)19-2-1-14/h3,16H,1-2,4,14H2,(H,15,18). The second-order valence-corrected chi connectivity index (χ2v) is 6.39. The van der Waals surface area contributed by atoms with Crippen LogP contribution < -0.4 is 16.5 Å². The van der Waals surface area contributed by atoms with E-state index in [-0.39, 0.29) is 0 Å². The van der Waals surface area contributed by atoms with Gasteiger partial charge in [-0.2, -0.15) is 0 Å². The first-order valence-electron chi connectivity index (χ1n) is 5.49. The molecule has 2 rings (SSSR count). The maximum Gasteiger partial charge on any atom is 0.493 e. The molecule has 1 aromatic carbocycles. The molecule has 0 radical (unpaired) electrons. The highest BCUT2D eigenvalue weighted by molar-refractivity contribution is 8.23. The molecule has 9 heteroatoms. The fourth-order valence-electron chi connectivity index (χ4n) is 1.73. The average Bonchev–Trinajstić information content (AvgIpc) is 2.73. The molecule has 0 atom stereocenters. The van der Waals surface area contributed by atoms with Crippen molar-refractivity contribution in [2.24, 2.45) is 5.73 Å². The second-order valence-electron chi connectivity index (χ2n) is 3.83. The highest BCUT2D eigenvalue weighted by Crippen LogP contribution is 2.33.